The molecule has 0 saturated heterocycles. The average Bonchev–Trinajstić information content (AvgIpc) is 2.47. The third-order valence-corrected chi connectivity index (χ3v) is 4.68. The maximum absolute atomic E-state index is 13.2. The Kier molecular flexibility index (Phi) is 6.27. The Labute approximate surface area is 138 Å². The Morgan fingerprint density at radius 3 is 2.67 bits per heavy atom. The van der Waals surface area contributed by atoms with E-state index in [1.165, 1.54) is 16.5 Å². The van der Waals surface area contributed by atoms with Gasteiger partial charge in [-0.25, -0.2) is 4.39 Å². The molecule has 112 valence electrons. The fraction of sp³-hybridized carbons (Fsp3) is 0.294. The zero-order chi connectivity index (χ0) is 15.2. The second-order valence-corrected chi connectivity index (χ2v) is 7.12. The molecule has 0 amide bonds. The summed E-state index contributed by atoms with van der Waals surface area (Å²) in [5.41, 5.74) is 2.40. The van der Waals surface area contributed by atoms with Gasteiger partial charge in [0, 0.05) is 23.2 Å². The van der Waals surface area contributed by atoms with Crippen molar-refractivity contribution in [3.8, 4) is 0 Å². The average molecular weight is 368 g/mol. The zero-order valence-corrected chi connectivity index (χ0v) is 14.6. The summed E-state index contributed by atoms with van der Waals surface area (Å²) in [6.45, 7) is 5.17. The van der Waals surface area contributed by atoms with Crippen molar-refractivity contribution in [2.45, 2.75) is 37.1 Å². The lowest BCUT2D eigenvalue weighted by Gasteiger charge is -2.09. The van der Waals surface area contributed by atoms with E-state index in [0.717, 1.165) is 17.9 Å². The lowest BCUT2D eigenvalue weighted by atomic mass is 10.2. The monoisotopic (exact) mass is 367 g/mol. The molecule has 1 N–H and O–H groups in total. The zero-order valence-electron chi connectivity index (χ0n) is 12.2. The molecule has 2 rings (SSSR count). The van der Waals surface area contributed by atoms with Crippen LogP contribution in [0, 0.1) is 5.82 Å². The molecule has 0 bridgehead atoms. The topological polar surface area (TPSA) is 12.0 Å². The van der Waals surface area contributed by atoms with Crippen molar-refractivity contribution in [3.63, 3.8) is 0 Å². The number of benzene rings is 2. The molecule has 1 nitrogen and oxygen atoms in total. The van der Waals surface area contributed by atoms with Crippen molar-refractivity contribution in [2.24, 2.45) is 0 Å². The smallest absolute Gasteiger partial charge is 0.137 e. The summed E-state index contributed by atoms with van der Waals surface area (Å²) in [7, 11) is 0. The van der Waals surface area contributed by atoms with Gasteiger partial charge in [0.05, 0.1) is 4.47 Å². The minimum atomic E-state index is -0.217. The van der Waals surface area contributed by atoms with Crippen LogP contribution in [0.3, 0.4) is 0 Å². The quantitative estimate of drug-likeness (QED) is 0.687. The first-order chi connectivity index (χ1) is 10.0. The molecule has 0 atom stereocenters. The molecule has 0 heterocycles. The minimum absolute atomic E-state index is 0.217. The predicted molar refractivity (Wildman–Crippen MR) is 92.1 cm³/mol. The van der Waals surface area contributed by atoms with Gasteiger partial charge in [0.15, 0.2) is 0 Å². The van der Waals surface area contributed by atoms with E-state index in [1.54, 1.807) is 11.8 Å². The first-order valence-electron chi connectivity index (χ1n) is 6.93. The van der Waals surface area contributed by atoms with Crippen molar-refractivity contribution >= 4 is 27.7 Å². The van der Waals surface area contributed by atoms with Crippen LogP contribution in [0.5, 0.6) is 0 Å². The summed E-state index contributed by atoms with van der Waals surface area (Å²) in [6, 6.07) is 14.2. The maximum Gasteiger partial charge on any atom is 0.137 e. The van der Waals surface area contributed by atoms with Gasteiger partial charge in [-0.2, -0.15) is 0 Å². The summed E-state index contributed by atoms with van der Waals surface area (Å²) >= 11 is 4.99. The SMILES string of the molecule is CC(C)NCc1cccc(SCc2ccc(F)c(Br)c2)c1. The van der Waals surface area contributed by atoms with Crippen molar-refractivity contribution in [1.82, 2.24) is 5.32 Å². The molecule has 0 aromatic heterocycles. The molecule has 0 radical (unpaired) electrons. The van der Waals surface area contributed by atoms with Crippen LogP contribution in [0.1, 0.15) is 25.0 Å². The van der Waals surface area contributed by atoms with Crippen LogP contribution in [0.2, 0.25) is 0 Å². The van der Waals surface area contributed by atoms with Crippen molar-refractivity contribution in [1.29, 1.82) is 0 Å². The van der Waals surface area contributed by atoms with Crippen LogP contribution in [0.15, 0.2) is 51.8 Å². The molecule has 2 aromatic carbocycles. The van der Waals surface area contributed by atoms with Crippen LogP contribution >= 0.6 is 27.7 Å². The third kappa shape index (κ3) is 5.46. The van der Waals surface area contributed by atoms with Crippen molar-refractivity contribution in [2.75, 3.05) is 0 Å². The molecular formula is C17H19BrFNS. The number of hydrogen-bond donors (Lipinski definition) is 1. The normalized spacial score (nSPS) is 11.1. The number of nitrogens with one attached hydrogen (secondary N) is 1. The van der Waals surface area contributed by atoms with Crippen LogP contribution < -0.4 is 5.32 Å². The Morgan fingerprint density at radius 2 is 1.95 bits per heavy atom. The largest absolute Gasteiger partial charge is 0.310 e. The summed E-state index contributed by atoms with van der Waals surface area (Å²) in [4.78, 5) is 1.23. The molecule has 0 spiro atoms. The Bertz CT molecular complexity index is 601. The van der Waals surface area contributed by atoms with E-state index in [4.69, 9.17) is 0 Å². The summed E-state index contributed by atoms with van der Waals surface area (Å²) < 4.78 is 13.7. The maximum atomic E-state index is 13.2. The van der Waals surface area contributed by atoms with E-state index in [2.05, 4.69) is 59.4 Å². The highest BCUT2D eigenvalue weighted by molar-refractivity contribution is 9.10. The van der Waals surface area contributed by atoms with Gasteiger partial charge in [0.25, 0.3) is 0 Å². The molecule has 2 aromatic rings. The van der Waals surface area contributed by atoms with Gasteiger partial charge in [-0.15, -0.1) is 11.8 Å². The molecule has 0 fully saturated rings. The van der Waals surface area contributed by atoms with Crippen LogP contribution in [-0.2, 0) is 12.3 Å². The van der Waals surface area contributed by atoms with Gasteiger partial charge in [0.2, 0.25) is 0 Å². The van der Waals surface area contributed by atoms with Gasteiger partial charge in [-0.1, -0.05) is 32.0 Å². The molecule has 0 unspecified atom stereocenters. The first-order valence-corrected chi connectivity index (χ1v) is 8.71. The molecule has 21 heavy (non-hydrogen) atoms. The summed E-state index contributed by atoms with van der Waals surface area (Å²) in [5, 5.41) is 3.42. The Balaban J connectivity index is 1.96. The van der Waals surface area contributed by atoms with Crippen LogP contribution in [0.25, 0.3) is 0 Å². The predicted octanol–water partition coefficient (Wildman–Crippen LogP) is 5.38. The van der Waals surface area contributed by atoms with Gasteiger partial charge in [-0.05, 0) is 51.3 Å². The minimum Gasteiger partial charge on any atom is -0.310 e. The van der Waals surface area contributed by atoms with Crippen LogP contribution in [0.4, 0.5) is 4.39 Å². The molecular weight excluding hydrogens is 349 g/mol. The standard InChI is InChI=1S/C17H19BrFNS/c1-12(2)20-10-13-4-3-5-15(8-13)21-11-14-6-7-17(19)16(18)9-14/h3-9,12,20H,10-11H2,1-2H3. The fourth-order valence-corrected chi connectivity index (χ4v) is 3.21. The number of halogens is 2. The van der Waals surface area contributed by atoms with E-state index < -0.39 is 0 Å². The lowest BCUT2D eigenvalue weighted by molar-refractivity contribution is 0.588. The van der Waals surface area contributed by atoms with Crippen LogP contribution in [-0.4, -0.2) is 6.04 Å². The van der Waals surface area contributed by atoms with Gasteiger partial charge < -0.3 is 5.32 Å². The number of rotatable bonds is 6. The highest BCUT2D eigenvalue weighted by Gasteiger charge is 2.03. The highest BCUT2D eigenvalue weighted by atomic mass is 79.9. The number of thioether (sulfide) groups is 1. The van der Waals surface area contributed by atoms with E-state index in [1.807, 2.05) is 12.1 Å². The third-order valence-electron chi connectivity index (χ3n) is 3.00. The first kappa shape index (κ1) is 16.5. The van der Waals surface area contributed by atoms with Gasteiger partial charge in [-0.3, -0.25) is 0 Å². The number of hydrogen-bond acceptors (Lipinski definition) is 2. The molecule has 0 aliphatic heterocycles. The second kappa shape index (κ2) is 7.97. The van der Waals surface area contributed by atoms with Crippen molar-refractivity contribution in [3.05, 3.63) is 63.9 Å². The highest BCUT2D eigenvalue weighted by Crippen LogP contribution is 2.26. The van der Waals surface area contributed by atoms with Crippen molar-refractivity contribution < 1.29 is 4.39 Å². The lowest BCUT2D eigenvalue weighted by Crippen LogP contribution is -2.21. The Hall–Kier alpha value is -0.840. The molecule has 4 heteroatoms. The summed E-state index contributed by atoms with van der Waals surface area (Å²) in [6.07, 6.45) is 0. The van der Waals surface area contributed by atoms with Gasteiger partial charge in [0.1, 0.15) is 5.82 Å². The Morgan fingerprint density at radius 1 is 1.14 bits per heavy atom. The van der Waals surface area contributed by atoms with E-state index in [0.29, 0.717) is 10.5 Å². The second-order valence-electron chi connectivity index (χ2n) is 5.22. The molecule has 0 aliphatic rings. The summed E-state index contributed by atoms with van der Waals surface area (Å²) in [5.74, 6) is 0.616. The van der Waals surface area contributed by atoms with E-state index >= 15 is 0 Å². The molecule has 0 saturated carbocycles. The fourth-order valence-electron chi connectivity index (χ4n) is 1.86. The van der Waals surface area contributed by atoms with Gasteiger partial charge >= 0.3 is 0 Å². The van der Waals surface area contributed by atoms with E-state index in [9.17, 15) is 4.39 Å². The van der Waals surface area contributed by atoms with E-state index in [-0.39, 0.29) is 5.82 Å². The molecule has 0 aliphatic carbocycles.